The van der Waals surface area contributed by atoms with Crippen molar-refractivity contribution in [2.75, 3.05) is 9.80 Å². The lowest BCUT2D eigenvalue weighted by Gasteiger charge is -2.52. The molecule has 380 valence electrons. The van der Waals surface area contributed by atoms with Crippen LogP contribution in [0.1, 0.15) is 207 Å². The molecule has 1 fully saturated rings. The van der Waals surface area contributed by atoms with Gasteiger partial charge in [0.05, 0.1) is 17.0 Å². The normalized spacial score (nSPS) is 23.4. The minimum Gasteiger partial charge on any atom is -0.468 e. The first-order valence-electron chi connectivity index (χ1n) is 28.6. The summed E-state index contributed by atoms with van der Waals surface area (Å²) in [5.74, 6) is 0. The second-order valence-electron chi connectivity index (χ2n) is 29.6. The zero-order valence-electron chi connectivity index (χ0n) is 47.9. The van der Waals surface area contributed by atoms with Crippen LogP contribution in [0.3, 0.4) is 0 Å². The Morgan fingerprint density at radius 2 is 1.01 bits per heavy atom. The van der Waals surface area contributed by atoms with Crippen molar-refractivity contribution in [1.82, 2.24) is 0 Å². The van der Waals surface area contributed by atoms with Crippen LogP contribution >= 0.6 is 0 Å². The number of hydrogen-bond donors (Lipinski definition) is 0. The van der Waals surface area contributed by atoms with E-state index >= 15 is 0 Å². The van der Waals surface area contributed by atoms with Gasteiger partial charge in [-0.1, -0.05) is 165 Å². The number of hydrogen-bond acceptors (Lipinski definition) is 3. The van der Waals surface area contributed by atoms with Gasteiger partial charge >= 0.3 is 0 Å². The second kappa shape index (κ2) is 15.1. The lowest BCUT2D eigenvalue weighted by atomic mass is 9.35. The Kier molecular flexibility index (Phi) is 9.85. The van der Waals surface area contributed by atoms with Gasteiger partial charge in [0, 0.05) is 33.7 Å². The van der Waals surface area contributed by atoms with Gasteiger partial charge in [-0.05, 0) is 204 Å². The molecular formula is C70H81BN2O. The van der Waals surface area contributed by atoms with Crippen molar-refractivity contribution < 1.29 is 4.42 Å². The summed E-state index contributed by atoms with van der Waals surface area (Å²) in [6.45, 7) is 39.1. The van der Waals surface area contributed by atoms with E-state index in [4.69, 9.17) is 4.42 Å². The van der Waals surface area contributed by atoms with Gasteiger partial charge in [-0.25, -0.2) is 0 Å². The van der Waals surface area contributed by atoms with Crippen molar-refractivity contribution in [2.45, 2.75) is 205 Å². The highest BCUT2D eigenvalue weighted by molar-refractivity contribution is 7.00. The highest BCUT2D eigenvalue weighted by Crippen LogP contribution is 2.60. The minimum atomic E-state index is -0.151. The molecule has 6 aromatic carbocycles. The lowest BCUT2D eigenvalue weighted by molar-refractivity contribution is 0.188. The van der Waals surface area contributed by atoms with E-state index in [2.05, 4.69) is 224 Å². The Labute approximate surface area is 444 Å². The summed E-state index contributed by atoms with van der Waals surface area (Å²) in [7, 11) is 0. The van der Waals surface area contributed by atoms with Crippen LogP contribution in [-0.4, -0.2) is 6.71 Å². The first kappa shape index (κ1) is 48.2. The quantitative estimate of drug-likeness (QED) is 0.165. The average Bonchev–Trinajstić information content (AvgIpc) is 3.73. The standard InChI is InChI=1S/C70H81BN2O/c1-63(2,3)43-22-26-53-52(36-43)71-60-55(37-44(64(4,5)6)38-56(60)73(53)54-27-25-48-59(58(54)42-20-18-17-19-21-42)68(13,14)31-30-66(48,9)10)72(45-23-24-47-49(39-45)67(11,12)29-28-65(47,7)8)61-46-40-50-51(41-57(46)74-62(61)71)70(16)34-32-69(50,15)33-35-70/h17-27,36-41H,28-35H2,1-16H3. The molecule has 0 atom stereocenters. The fourth-order valence-corrected chi connectivity index (χ4v) is 15.4. The van der Waals surface area contributed by atoms with Crippen LogP contribution in [0.2, 0.25) is 0 Å². The van der Waals surface area contributed by atoms with Crippen molar-refractivity contribution in [3.05, 3.63) is 148 Å². The molecule has 14 rings (SSSR count). The molecule has 0 radical (unpaired) electrons. The molecule has 74 heavy (non-hydrogen) atoms. The van der Waals surface area contributed by atoms with Gasteiger partial charge in [0.25, 0.3) is 6.71 Å². The van der Waals surface area contributed by atoms with Crippen LogP contribution in [-0.2, 0) is 43.3 Å². The Balaban J connectivity index is 1.19. The maximum absolute atomic E-state index is 7.81. The third kappa shape index (κ3) is 6.76. The van der Waals surface area contributed by atoms with Crippen LogP contribution in [0.5, 0.6) is 0 Å². The van der Waals surface area contributed by atoms with Crippen LogP contribution < -0.4 is 26.4 Å². The Hall–Kier alpha value is -5.48. The van der Waals surface area contributed by atoms with E-state index in [-0.39, 0.29) is 50.0 Å². The van der Waals surface area contributed by atoms with Crippen molar-refractivity contribution in [3.8, 4) is 11.1 Å². The number of anilines is 6. The fourth-order valence-electron chi connectivity index (χ4n) is 15.4. The van der Waals surface area contributed by atoms with Gasteiger partial charge in [-0.2, -0.15) is 0 Å². The summed E-state index contributed by atoms with van der Waals surface area (Å²) < 4.78 is 7.81. The lowest BCUT2D eigenvalue weighted by Crippen LogP contribution is -2.61. The molecule has 1 aromatic heterocycles. The molecule has 3 nitrogen and oxygen atoms in total. The highest BCUT2D eigenvalue weighted by Gasteiger charge is 2.52. The molecule has 0 N–H and O–H groups in total. The van der Waals surface area contributed by atoms with E-state index in [1.165, 1.54) is 139 Å². The summed E-state index contributed by atoms with van der Waals surface area (Å²) in [5.41, 5.74) is 26.8. The molecule has 4 heteroatoms. The Morgan fingerprint density at radius 3 is 1.65 bits per heavy atom. The van der Waals surface area contributed by atoms with Crippen molar-refractivity contribution in [1.29, 1.82) is 0 Å². The molecule has 7 aliphatic rings. The first-order valence-corrected chi connectivity index (χ1v) is 28.6. The third-order valence-corrected chi connectivity index (χ3v) is 20.7. The van der Waals surface area contributed by atoms with Gasteiger partial charge in [0.15, 0.2) is 0 Å². The van der Waals surface area contributed by atoms with E-state index in [0.29, 0.717) is 0 Å². The Bertz CT molecular complexity index is 3520. The van der Waals surface area contributed by atoms with Gasteiger partial charge in [-0.15, -0.1) is 0 Å². The molecule has 3 heterocycles. The van der Waals surface area contributed by atoms with Crippen molar-refractivity contribution >= 4 is 68.4 Å². The van der Waals surface area contributed by atoms with Gasteiger partial charge < -0.3 is 14.2 Å². The van der Waals surface area contributed by atoms with Crippen LogP contribution in [0.25, 0.3) is 22.1 Å². The predicted octanol–water partition coefficient (Wildman–Crippen LogP) is 17.6. The van der Waals surface area contributed by atoms with E-state index in [9.17, 15) is 0 Å². The number of rotatable bonds is 3. The van der Waals surface area contributed by atoms with Crippen molar-refractivity contribution in [3.63, 3.8) is 0 Å². The molecule has 1 saturated carbocycles. The summed E-state index contributed by atoms with van der Waals surface area (Å²) in [6.07, 6.45) is 9.62. The minimum absolute atomic E-state index is 0.0302. The topological polar surface area (TPSA) is 19.6 Å². The second-order valence-corrected chi connectivity index (χ2v) is 29.6. The smallest absolute Gasteiger partial charge is 0.297 e. The number of nitrogens with zero attached hydrogens (tertiary/aromatic N) is 2. The number of benzene rings is 6. The predicted molar refractivity (Wildman–Crippen MR) is 317 cm³/mol. The zero-order valence-corrected chi connectivity index (χ0v) is 47.9. The van der Waals surface area contributed by atoms with E-state index in [1.54, 1.807) is 5.56 Å². The molecule has 0 amide bonds. The molecule has 0 saturated heterocycles. The van der Waals surface area contributed by atoms with Crippen LogP contribution in [0, 0.1) is 0 Å². The van der Waals surface area contributed by atoms with E-state index < -0.39 is 0 Å². The fraction of sp³-hybridized carbons (Fsp3) is 0.457. The third-order valence-electron chi connectivity index (χ3n) is 20.7. The molecule has 2 bridgehead atoms. The van der Waals surface area contributed by atoms with Crippen LogP contribution in [0.4, 0.5) is 34.1 Å². The monoisotopic (exact) mass is 977 g/mol. The largest absolute Gasteiger partial charge is 0.468 e. The molecule has 0 spiro atoms. The number of furan rings is 1. The SMILES string of the molecule is CC(C)(C)c1ccc2c(c1)B1c3oc4cc5c(cc4c3N(c3ccc4c(c3)C(C)(C)CCC4(C)C)c3cc(C(C)(C)C)cc(c31)N2c1ccc2c(c1-c1ccccc1)C(C)(C)CCC2(C)C)C1(C)CCC5(C)CC1. The van der Waals surface area contributed by atoms with E-state index in [0.717, 1.165) is 24.1 Å². The first-order chi connectivity index (χ1) is 34.6. The van der Waals surface area contributed by atoms with Gasteiger partial charge in [0.2, 0.25) is 0 Å². The van der Waals surface area contributed by atoms with Gasteiger partial charge in [0.1, 0.15) is 5.58 Å². The summed E-state index contributed by atoms with van der Waals surface area (Å²) in [6, 6.07) is 41.8. The van der Waals surface area contributed by atoms with E-state index in [1.807, 2.05) is 0 Å². The summed E-state index contributed by atoms with van der Waals surface area (Å²) in [5, 5.41) is 1.25. The highest BCUT2D eigenvalue weighted by atomic mass is 16.3. The Morgan fingerprint density at radius 1 is 0.459 bits per heavy atom. The van der Waals surface area contributed by atoms with Gasteiger partial charge in [-0.3, -0.25) is 0 Å². The average molecular weight is 977 g/mol. The summed E-state index contributed by atoms with van der Waals surface area (Å²) >= 11 is 0. The maximum Gasteiger partial charge on any atom is 0.297 e. The molecule has 5 aliphatic carbocycles. The van der Waals surface area contributed by atoms with Crippen molar-refractivity contribution in [2.24, 2.45) is 0 Å². The maximum atomic E-state index is 7.81. The number of fused-ring (bicyclic) bond motifs is 10. The summed E-state index contributed by atoms with van der Waals surface area (Å²) in [4.78, 5) is 5.42. The molecule has 2 aliphatic heterocycles. The van der Waals surface area contributed by atoms with Crippen LogP contribution in [0.15, 0.2) is 108 Å². The molecule has 7 aromatic rings. The zero-order chi connectivity index (χ0) is 52.2. The molecular weight excluding hydrogens is 896 g/mol. The molecule has 0 unspecified atom stereocenters.